The lowest BCUT2D eigenvalue weighted by Gasteiger charge is -2.32. The number of nitrogens with zero attached hydrogens (tertiary/aromatic N) is 1. The number of rotatable bonds is 6. The zero-order valence-corrected chi connectivity index (χ0v) is 20.4. The van der Waals surface area contributed by atoms with E-state index in [1.54, 1.807) is 12.3 Å². The number of benzene rings is 2. The van der Waals surface area contributed by atoms with E-state index in [1.165, 1.54) is 0 Å². The molecule has 3 aromatic rings. The molecule has 35 heavy (non-hydrogen) atoms. The molecule has 5 rings (SSSR count). The number of hydrogen-bond acceptors (Lipinski definition) is 6. The first kappa shape index (κ1) is 23.8. The summed E-state index contributed by atoms with van der Waals surface area (Å²) in [7, 11) is -4.40. The van der Waals surface area contributed by atoms with Crippen LogP contribution in [0.15, 0.2) is 71.9 Å². The second-order valence-electron chi connectivity index (χ2n) is 9.17. The van der Waals surface area contributed by atoms with Gasteiger partial charge >= 0.3 is 7.12 Å². The molecule has 0 spiro atoms. The molecular formula is C27H28BNO5S. The van der Waals surface area contributed by atoms with Gasteiger partial charge in [0, 0.05) is 17.9 Å². The highest BCUT2D eigenvalue weighted by Gasteiger charge is 2.47. The van der Waals surface area contributed by atoms with Crippen LogP contribution in [0.2, 0.25) is 6.32 Å². The lowest BCUT2D eigenvalue weighted by atomic mass is 9.74. The molecule has 0 bridgehead atoms. The molecule has 8 heteroatoms. The van der Waals surface area contributed by atoms with E-state index in [4.69, 9.17) is 4.65 Å². The number of pyridine rings is 1. The van der Waals surface area contributed by atoms with E-state index < -0.39 is 28.3 Å². The fourth-order valence-electron chi connectivity index (χ4n) is 5.32. The third-order valence-corrected chi connectivity index (χ3v) is 9.07. The lowest BCUT2D eigenvalue weighted by Crippen LogP contribution is -2.41. The minimum atomic E-state index is -3.31. The van der Waals surface area contributed by atoms with E-state index in [0.29, 0.717) is 19.3 Å². The zero-order chi connectivity index (χ0) is 24.6. The Morgan fingerprint density at radius 3 is 2.66 bits per heavy atom. The highest BCUT2D eigenvalue weighted by atomic mass is 32.2. The number of allylic oxidation sites excluding steroid dienone is 1. The van der Waals surface area contributed by atoms with Crippen molar-refractivity contribution in [2.75, 3.05) is 5.75 Å². The van der Waals surface area contributed by atoms with Crippen molar-refractivity contribution in [3.8, 4) is 5.75 Å². The van der Waals surface area contributed by atoms with Gasteiger partial charge in [0.1, 0.15) is 5.75 Å². The first-order chi connectivity index (χ1) is 16.9. The van der Waals surface area contributed by atoms with Crippen LogP contribution in [0.5, 0.6) is 5.75 Å². The molecule has 0 amide bonds. The van der Waals surface area contributed by atoms with E-state index in [0.717, 1.165) is 38.7 Å². The van der Waals surface area contributed by atoms with E-state index in [9.17, 15) is 18.5 Å². The molecular weight excluding hydrogens is 461 g/mol. The highest BCUT2D eigenvalue weighted by Crippen LogP contribution is 2.41. The van der Waals surface area contributed by atoms with Gasteiger partial charge in [-0.05, 0) is 65.6 Å². The van der Waals surface area contributed by atoms with Gasteiger partial charge in [-0.15, -0.1) is 0 Å². The average Bonchev–Trinajstić information content (AvgIpc) is 3.13. The van der Waals surface area contributed by atoms with Gasteiger partial charge < -0.3 is 14.8 Å². The summed E-state index contributed by atoms with van der Waals surface area (Å²) >= 11 is 0. The molecule has 0 radical (unpaired) electrons. The van der Waals surface area contributed by atoms with Crippen molar-refractivity contribution in [1.29, 1.82) is 0 Å². The number of fused-ring (bicyclic) bond motifs is 2. The Bertz CT molecular complexity index is 1420. The predicted octanol–water partition coefficient (Wildman–Crippen LogP) is 4.64. The van der Waals surface area contributed by atoms with Crippen LogP contribution in [-0.4, -0.2) is 47.8 Å². The second-order valence-corrected chi connectivity index (χ2v) is 11.3. The monoisotopic (exact) mass is 489 g/mol. The maximum Gasteiger partial charge on any atom is 0.456 e. The largest absolute Gasteiger partial charge is 0.507 e. The Morgan fingerprint density at radius 1 is 1.14 bits per heavy atom. The molecule has 1 fully saturated rings. The summed E-state index contributed by atoms with van der Waals surface area (Å²) in [6.07, 6.45) is 5.22. The third-order valence-electron chi connectivity index (χ3n) is 7.01. The quantitative estimate of drug-likeness (QED) is 0.387. The summed E-state index contributed by atoms with van der Waals surface area (Å²) in [5.41, 5.74) is 4.51. The van der Waals surface area contributed by atoms with Crippen LogP contribution in [0.4, 0.5) is 0 Å². The van der Waals surface area contributed by atoms with Gasteiger partial charge in [0.25, 0.3) is 0 Å². The van der Waals surface area contributed by atoms with Crippen molar-refractivity contribution in [3.63, 3.8) is 0 Å². The van der Waals surface area contributed by atoms with E-state index in [-0.39, 0.29) is 17.8 Å². The Balaban J connectivity index is 1.51. The number of phenolic OH excluding ortho intramolecular Hbond substituents is 1. The topological polar surface area (TPSA) is 96.7 Å². The van der Waals surface area contributed by atoms with Gasteiger partial charge in [-0.25, -0.2) is 8.42 Å². The van der Waals surface area contributed by atoms with E-state index in [1.807, 2.05) is 55.5 Å². The smallest absolute Gasteiger partial charge is 0.456 e. The molecule has 180 valence electrons. The molecule has 0 aliphatic carbocycles. The van der Waals surface area contributed by atoms with Crippen molar-refractivity contribution in [2.24, 2.45) is 0 Å². The van der Waals surface area contributed by atoms with Crippen molar-refractivity contribution in [3.05, 3.63) is 83.2 Å². The fourth-order valence-corrected chi connectivity index (χ4v) is 7.54. The third kappa shape index (κ3) is 4.66. The molecule has 2 aliphatic heterocycles. The van der Waals surface area contributed by atoms with Crippen LogP contribution in [-0.2, 0) is 14.5 Å². The molecule has 0 saturated carbocycles. The minimum Gasteiger partial charge on any atom is -0.507 e. The Hall–Kier alpha value is -2.94. The number of aromatic nitrogens is 1. The van der Waals surface area contributed by atoms with E-state index >= 15 is 0 Å². The zero-order valence-electron chi connectivity index (χ0n) is 19.6. The van der Waals surface area contributed by atoms with Gasteiger partial charge in [0.05, 0.1) is 22.8 Å². The van der Waals surface area contributed by atoms with E-state index in [2.05, 4.69) is 11.1 Å². The second kappa shape index (κ2) is 9.61. The van der Waals surface area contributed by atoms with Crippen molar-refractivity contribution in [1.82, 2.24) is 4.98 Å². The molecule has 2 aliphatic rings. The summed E-state index contributed by atoms with van der Waals surface area (Å²) in [5.74, 6) is 0.285. The van der Waals surface area contributed by atoms with Crippen LogP contribution in [0.3, 0.4) is 0 Å². The molecule has 3 heterocycles. The molecule has 2 atom stereocenters. The fraction of sp³-hybridized carbons (Fsp3) is 0.296. The Labute approximate surface area is 206 Å². The molecule has 1 saturated heterocycles. The van der Waals surface area contributed by atoms with Gasteiger partial charge in [0.2, 0.25) is 0 Å². The summed E-state index contributed by atoms with van der Waals surface area (Å²) in [6.45, 7) is 1.97. The lowest BCUT2D eigenvalue weighted by molar-refractivity contribution is 0.171. The first-order valence-corrected chi connectivity index (χ1v) is 13.7. The molecule has 2 aromatic carbocycles. The van der Waals surface area contributed by atoms with Gasteiger partial charge in [-0.1, -0.05) is 48.9 Å². The molecule has 1 aromatic heterocycles. The number of aromatic hydroxyl groups is 1. The Kier molecular flexibility index (Phi) is 6.53. The van der Waals surface area contributed by atoms with Crippen molar-refractivity contribution in [2.45, 2.75) is 43.9 Å². The van der Waals surface area contributed by atoms with Gasteiger partial charge in [-0.3, -0.25) is 4.98 Å². The summed E-state index contributed by atoms with van der Waals surface area (Å²) in [6, 6.07) is 17.0. The van der Waals surface area contributed by atoms with Crippen LogP contribution in [0.1, 0.15) is 37.4 Å². The van der Waals surface area contributed by atoms with Gasteiger partial charge in [-0.2, -0.15) is 0 Å². The van der Waals surface area contributed by atoms with Crippen LogP contribution in [0, 0.1) is 0 Å². The summed E-state index contributed by atoms with van der Waals surface area (Å²) in [4.78, 5) is 4.56. The van der Waals surface area contributed by atoms with Crippen molar-refractivity contribution < 1.29 is 23.2 Å². The summed E-state index contributed by atoms with van der Waals surface area (Å²) < 4.78 is 31.4. The molecule has 0 unspecified atom stereocenters. The van der Waals surface area contributed by atoms with Gasteiger partial charge in [0.15, 0.2) is 9.84 Å². The minimum absolute atomic E-state index is 0.0541. The standard InChI is InChI=1S/C27H28BNO5S/c1-2-18-17-35(32,33)26-16-28(31)34-25(27(18)26)13-11-20(23-9-5-6-14-29-23)15-19-10-12-24(30)22-8-4-3-7-21(19)22/h3-10,12,14-15,25-26,30-31H,2,11,13,16-17H2,1H3/b20-15-/t25-,26+/m1/s1. The number of sulfone groups is 1. The number of phenols is 1. The predicted molar refractivity (Wildman–Crippen MR) is 139 cm³/mol. The van der Waals surface area contributed by atoms with Crippen LogP contribution in [0.25, 0.3) is 22.4 Å². The molecule has 2 N–H and O–H groups in total. The highest BCUT2D eigenvalue weighted by molar-refractivity contribution is 7.92. The van der Waals surface area contributed by atoms with Crippen LogP contribution >= 0.6 is 0 Å². The number of hydrogen-bond donors (Lipinski definition) is 2. The van der Waals surface area contributed by atoms with Crippen molar-refractivity contribution >= 4 is 39.4 Å². The Morgan fingerprint density at radius 2 is 1.91 bits per heavy atom. The summed E-state index contributed by atoms with van der Waals surface area (Å²) in [5, 5.41) is 21.7. The van der Waals surface area contributed by atoms with Crippen LogP contribution < -0.4 is 0 Å². The normalized spacial score (nSPS) is 22.0. The molecule has 6 nitrogen and oxygen atoms in total. The maximum atomic E-state index is 12.8. The maximum absolute atomic E-state index is 12.8. The SMILES string of the molecule is CCC1=C2[C@@H](CC/C(=C/c3ccc(O)c4ccccc34)c3ccccn3)OB(O)C[C@@H]2S(=O)(=O)C1. The first-order valence-electron chi connectivity index (χ1n) is 12.0. The average molecular weight is 489 g/mol.